The fraction of sp³-hybridized carbons (Fsp3) is 0. The summed E-state index contributed by atoms with van der Waals surface area (Å²) in [5.74, 6) is -0.564. The maximum atomic E-state index is 12.2. The summed E-state index contributed by atoms with van der Waals surface area (Å²) in [4.78, 5) is 16.2. The van der Waals surface area contributed by atoms with Crippen molar-refractivity contribution >= 4 is 11.6 Å². The molecule has 5 nitrogen and oxygen atoms in total. The van der Waals surface area contributed by atoms with Crippen molar-refractivity contribution in [2.75, 3.05) is 0 Å². The molecule has 1 heterocycles. The number of para-hydroxylation sites is 1. The predicted molar refractivity (Wildman–Crippen MR) is 91.9 cm³/mol. The van der Waals surface area contributed by atoms with E-state index in [0.717, 1.165) is 11.1 Å². The first kappa shape index (κ1) is 15.4. The molecule has 0 saturated heterocycles. The van der Waals surface area contributed by atoms with Crippen molar-refractivity contribution in [2.24, 2.45) is 5.10 Å². The second-order valence-electron chi connectivity index (χ2n) is 5.02. The maximum absolute atomic E-state index is 12.2. The number of carbonyl (C=O) groups is 1. The molecule has 2 N–H and O–H groups in total. The lowest BCUT2D eigenvalue weighted by Gasteiger charge is -2.08. The van der Waals surface area contributed by atoms with Gasteiger partial charge in [-0.2, -0.15) is 5.10 Å². The van der Waals surface area contributed by atoms with Crippen LogP contribution in [0, 0.1) is 0 Å². The highest BCUT2D eigenvalue weighted by Crippen LogP contribution is 2.15. The van der Waals surface area contributed by atoms with Crippen molar-refractivity contribution in [1.82, 2.24) is 10.4 Å². The summed E-state index contributed by atoms with van der Waals surface area (Å²) < 4.78 is 0. The number of hydrogen-bond acceptors (Lipinski definition) is 4. The van der Waals surface area contributed by atoms with Gasteiger partial charge in [0.2, 0.25) is 0 Å². The monoisotopic (exact) mass is 317 g/mol. The first-order chi connectivity index (χ1) is 11.8. The Morgan fingerprint density at radius 1 is 0.875 bits per heavy atom. The molecular weight excluding hydrogens is 302 g/mol. The van der Waals surface area contributed by atoms with Gasteiger partial charge in [0.25, 0.3) is 5.91 Å². The minimum Gasteiger partial charge on any atom is -0.507 e. The molecule has 0 aliphatic heterocycles. The average molecular weight is 317 g/mol. The maximum Gasteiger partial charge on any atom is 0.275 e. The zero-order valence-corrected chi connectivity index (χ0v) is 12.8. The molecular formula is C19H15N3O2. The van der Waals surface area contributed by atoms with Crippen LogP contribution >= 0.6 is 0 Å². The smallest absolute Gasteiger partial charge is 0.275 e. The molecule has 0 saturated carbocycles. The number of nitrogens with zero attached hydrogens (tertiary/aromatic N) is 2. The van der Waals surface area contributed by atoms with E-state index in [-0.39, 0.29) is 11.3 Å². The van der Waals surface area contributed by atoms with E-state index in [1.807, 2.05) is 42.5 Å². The van der Waals surface area contributed by atoms with Crippen LogP contribution in [0.25, 0.3) is 0 Å². The average Bonchev–Trinajstić information content (AvgIpc) is 2.64. The van der Waals surface area contributed by atoms with Gasteiger partial charge in [-0.1, -0.05) is 42.5 Å². The second-order valence-corrected chi connectivity index (χ2v) is 5.02. The fourth-order valence-corrected chi connectivity index (χ4v) is 2.23. The summed E-state index contributed by atoms with van der Waals surface area (Å²) in [5.41, 5.74) is 4.98. The third-order valence-corrected chi connectivity index (χ3v) is 3.42. The van der Waals surface area contributed by atoms with Crippen LogP contribution in [0.15, 0.2) is 84.2 Å². The first-order valence-electron chi connectivity index (χ1n) is 7.37. The standard InChI is InChI=1S/C19H15N3O2/c23-17-9-5-4-8-16(17)19(24)22-21-18(14-6-2-1-3-7-14)15-10-12-20-13-11-15/h1-13,23H,(H,22,24)/b21-18+. The van der Waals surface area contributed by atoms with Gasteiger partial charge >= 0.3 is 0 Å². The van der Waals surface area contributed by atoms with Gasteiger partial charge in [0, 0.05) is 23.5 Å². The highest BCUT2D eigenvalue weighted by Gasteiger charge is 2.11. The molecule has 0 unspecified atom stereocenters. The van der Waals surface area contributed by atoms with Crippen LogP contribution in [0.2, 0.25) is 0 Å². The lowest BCUT2D eigenvalue weighted by atomic mass is 10.0. The Bertz CT molecular complexity index is 821. The Labute approximate surface area is 139 Å². The number of benzene rings is 2. The summed E-state index contributed by atoms with van der Waals surface area (Å²) in [6.07, 6.45) is 3.33. The molecule has 24 heavy (non-hydrogen) atoms. The fourth-order valence-electron chi connectivity index (χ4n) is 2.23. The van der Waals surface area contributed by atoms with Gasteiger partial charge in [-0.3, -0.25) is 9.78 Å². The normalized spacial score (nSPS) is 11.1. The molecule has 3 aromatic rings. The Morgan fingerprint density at radius 3 is 2.21 bits per heavy atom. The summed E-state index contributed by atoms with van der Waals surface area (Å²) in [6.45, 7) is 0. The van der Waals surface area contributed by atoms with E-state index >= 15 is 0 Å². The lowest BCUT2D eigenvalue weighted by molar-refractivity contribution is 0.0952. The Kier molecular flexibility index (Phi) is 4.62. The van der Waals surface area contributed by atoms with Crippen LogP contribution < -0.4 is 5.43 Å². The van der Waals surface area contributed by atoms with Crippen molar-refractivity contribution < 1.29 is 9.90 Å². The molecule has 0 bridgehead atoms. The van der Waals surface area contributed by atoms with Gasteiger partial charge in [0.05, 0.1) is 11.3 Å². The van der Waals surface area contributed by atoms with Crippen molar-refractivity contribution in [2.45, 2.75) is 0 Å². The number of amides is 1. The van der Waals surface area contributed by atoms with Crippen LogP contribution in [0.4, 0.5) is 0 Å². The zero-order chi connectivity index (χ0) is 16.8. The van der Waals surface area contributed by atoms with Crippen molar-refractivity contribution in [1.29, 1.82) is 0 Å². The van der Waals surface area contributed by atoms with Crippen molar-refractivity contribution in [3.8, 4) is 5.75 Å². The Balaban J connectivity index is 1.93. The van der Waals surface area contributed by atoms with E-state index in [9.17, 15) is 9.90 Å². The largest absolute Gasteiger partial charge is 0.507 e. The number of rotatable bonds is 4. The molecule has 5 heteroatoms. The summed E-state index contributed by atoms with van der Waals surface area (Å²) >= 11 is 0. The molecule has 0 fully saturated rings. The highest BCUT2D eigenvalue weighted by atomic mass is 16.3. The van der Waals surface area contributed by atoms with Gasteiger partial charge in [-0.15, -0.1) is 0 Å². The zero-order valence-electron chi connectivity index (χ0n) is 12.8. The quantitative estimate of drug-likeness (QED) is 0.574. The Hall–Kier alpha value is -3.47. The summed E-state index contributed by atoms with van der Waals surface area (Å²) in [6, 6.07) is 19.5. The molecule has 0 spiro atoms. The Morgan fingerprint density at radius 2 is 1.50 bits per heavy atom. The van der Waals surface area contributed by atoms with E-state index in [4.69, 9.17) is 0 Å². The van der Waals surface area contributed by atoms with E-state index in [1.165, 1.54) is 12.1 Å². The van der Waals surface area contributed by atoms with Gasteiger partial charge < -0.3 is 5.11 Å². The summed E-state index contributed by atoms with van der Waals surface area (Å²) in [7, 11) is 0. The van der Waals surface area contributed by atoms with Crippen LogP contribution in [0.1, 0.15) is 21.5 Å². The molecule has 0 aliphatic rings. The molecule has 2 aromatic carbocycles. The minimum absolute atomic E-state index is 0.0876. The number of nitrogens with one attached hydrogen (secondary N) is 1. The number of pyridine rings is 1. The number of phenols is 1. The number of aromatic hydroxyl groups is 1. The SMILES string of the molecule is O=C(N/N=C(\c1ccccc1)c1ccncc1)c1ccccc1O. The van der Waals surface area contributed by atoms with Crippen LogP contribution in [-0.4, -0.2) is 21.7 Å². The predicted octanol–water partition coefficient (Wildman–Crippen LogP) is 2.97. The van der Waals surface area contributed by atoms with Crippen LogP contribution in [0.5, 0.6) is 5.75 Å². The van der Waals surface area contributed by atoms with E-state index in [0.29, 0.717) is 5.71 Å². The number of phenolic OH excluding ortho intramolecular Hbond substituents is 1. The van der Waals surface area contributed by atoms with E-state index in [1.54, 1.807) is 24.5 Å². The molecule has 0 radical (unpaired) electrons. The molecule has 0 aliphatic carbocycles. The van der Waals surface area contributed by atoms with Gasteiger partial charge in [-0.25, -0.2) is 5.43 Å². The van der Waals surface area contributed by atoms with Crippen LogP contribution in [-0.2, 0) is 0 Å². The summed E-state index contributed by atoms with van der Waals surface area (Å²) in [5, 5.41) is 14.0. The molecule has 0 atom stereocenters. The second kappa shape index (κ2) is 7.19. The number of hydrazone groups is 1. The molecule has 1 amide bonds. The highest BCUT2D eigenvalue weighted by molar-refractivity contribution is 6.13. The van der Waals surface area contributed by atoms with E-state index in [2.05, 4.69) is 15.5 Å². The third-order valence-electron chi connectivity index (χ3n) is 3.42. The number of aromatic nitrogens is 1. The molecule has 3 rings (SSSR count). The van der Waals surface area contributed by atoms with Gasteiger partial charge in [-0.05, 0) is 24.3 Å². The lowest BCUT2D eigenvalue weighted by Crippen LogP contribution is -2.20. The van der Waals surface area contributed by atoms with Gasteiger partial charge in [0.1, 0.15) is 5.75 Å². The number of carbonyl (C=O) groups excluding carboxylic acids is 1. The van der Waals surface area contributed by atoms with Crippen molar-refractivity contribution in [3.63, 3.8) is 0 Å². The number of hydrogen-bond donors (Lipinski definition) is 2. The first-order valence-corrected chi connectivity index (χ1v) is 7.37. The van der Waals surface area contributed by atoms with Gasteiger partial charge in [0.15, 0.2) is 0 Å². The van der Waals surface area contributed by atoms with E-state index < -0.39 is 5.91 Å². The van der Waals surface area contributed by atoms with Crippen LogP contribution in [0.3, 0.4) is 0 Å². The molecule has 118 valence electrons. The van der Waals surface area contributed by atoms with Crippen molar-refractivity contribution in [3.05, 3.63) is 95.8 Å². The third kappa shape index (κ3) is 3.47. The topological polar surface area (TPSA) is 74.6 Å². The minimum atomic E-state index is -0.476. The molecule has 1 aromatic heterocycles.